The van der Waals surface area contributed by atoms with Crippen LogP contribution in [0.3, 0.4) is 0 Å². The van der Waals surface area contributed by atoms with E-state index in [1.807, 2.05) is 26.0 Å². The van der Waals surface area contributed by atoms with E-state index in [4.69, 9.17) is 4.74 Å². The summed E-state index contributed by atoms with van der Waals surface area (Å²) in [6, 6.07) is 11.8. The molecule has 2 N–H and O–H groups in total. The molecule has 0 aliphatic rings. The summed E-state index contributed by atoms with van der Waals surface area (Å²) in [5.41, 5.74) is 1.60. The van der Waals surface area contributed by atoms with Crippen molar-refractivity contribution >= 4 is 0 Å². The summed E-state index contributed by atoms with van der Waals surface area (Å²) in [6.07, 6.45) is 0. The molecule has 0 amide bonds. The molecule has 0 saturated heterocycles. The highest BCUT2D eigenvalue weighted by Gasteiger charge is 2.15. The van der Waals surface area contributed by atoms with Crippen LogP contribution in [-0.2, 0) is 0 Å². The number of nitrogens with one attached hydrogen (secondary N) is 1. The highest BCUT2D eigenvalue weighted by Crippen LogP contribution is 2.30. The lowest BCUT2D eigenvalue weighted by atomic mass is 10.0. The van der Waals surface area contributed by atoms with Crippen LogP contribution in [0.2, 0.25) is 0 Å². The van der Waals surface area contributed by atoms with Crippen molar-refractivity contribution in [1.82, 2.24) is 5.32 Å². The van der Waals surface area contributed by atoms with E-state index < -0.39 is 0 Å². The van der Waals surface area contributed by atoms with Crippen molar-refractivity contribution in [3.05, 3.63) is 59.4 Å². The summed E-state index contributed by atoms with van der Waals surface area (Å²) < 4.78 is 18.9. The Labute approximate surface area is 124 Å². The smallest absolute Gasteiger partial charge is 0.160 e. The molecule has 0 heterocycles. The van der Waals surface area contributed by atoms with E-state index in [-0.39, 0.29) is 23.7 Å². The standard InChI is InChI=1S/C17H20FNO2/c1-11(13-8-9-16(20)17(10-13)21-3)19-12(2)14-6-4-5-7-15(14)18/h4-12,19-20H,1-3H3. The Morgan fingerprint density at radius 2 is 1.81 bits per heavy atom. The lowest BCUT2D eigenvalue weighted by Gasteiger charge is -2.21. The third-order valence-electron chi connectivity index (χ3n) is 3.58. The molecule has 112 valence electrons. The molecule has 0 aromatic heterocycles. The molecule has 0 bridgehead atoms. The number of phenols is 1. The fourth-order valence-electron chi connectivity index (χ4n) is 2.35. The van der Waals surface area contributed by atoms with Gasteiger partial charge in [0.05, 0.1) is 7.11 Å². The Morgan fingerprint density at radius 3 is 2.48 bits per heavy atom. The Balaban J connectivity index is 2.14. The van der Waals surface area contributed by atoms with Gasteiger partial charge in [0.15, 0.2) is 11.5 Å². The average Bonchev–Trinajstić information content (AvgIpc) is 2.48. The minimum absolute atomic E-state index is 0.00546. The minimum atomic E-state index is -0.215. The second-order valence-corrected chi connectivity index (χ2v) is 5.06. The number of phenolic OH excluding ortho intramolecular Hbond substituents is 1. The van der Waals surface area contributed by atoms with Crippen LogP contribution in [0.5, 0.6) is 11.5 Å². The number of methoxy groups -OCH3 is 1. The quantitative estimate of drug-likeness (QED) is 0.875. The second-order valence-electron chi connectivity index (χ2n) is 5.06. The second kappa shape index (κ2) is 6.59. The first kappa shape index (κ1) is 15.3. The maximum Gasteiger partial charge on any atom is 0.160 e. The minimum Gasteiger partial charge on any atom is -0.504 e. The van der Waals surface area contributed by atoms with Gasteiger partial charge in [-0.15, -0.1) is 0 Å². The number of aromatic hydroxyl groups is 1. The van der Waals surface area contributed by atoms with E-state index in [2.05, 4.69) is 5.32 Å². The van der Waals surface area contributed by atoms with Gasteiger partial charge in [-0.1, -0.05) is 24.3 Å². The topological polar surface area (TPSA) is 41.5 Å². The van der Waals surface area contributed by atoms with Crippen molar-refractivity contribution in [2.45, 2.75) is 25.9 Å². The average molecular weight is 289 g/mol. The van der Waals surface area contributed by atoms with Gasteiger partial charge in [-0.2, -0.15) is 0 Å². The third-order valence-corrected chi connectivity index (χ3v) is 3.58. The zero-order valence-electron chi connectivity index (χ0n) is 12.4. The molecule has 2 unspecified atom stereocenters. The van der Waals surface area contributed by atoms with Gasteiger partial charge in [0.2, 0.25) is 0 Å². The molecule has 2 aromatic rings. The molecule has 0 aliphatic carbocycles. The number of rotatable bonds is 5. The number of hydrogen-bond acceptors (Lipinski definition) is 3. The van der Waals surface area contributed by atoms with Gasteiger partial charge in [-0.3, -0.25) is 0 Å². The van der Waals surface area contributed by atoms with E-state index in [0.29, 0.717) is 11.3 Å². The van der Waals surface area contributed by atoms with Crippen molar-refractivity contribution in [2.24, 2.45) is 0 Å². The van der Waals surface area contributed by atoms with Gasteiger partial charge < -0.3 is 15.2 Å². The van der Waals surface area contributed by atoms with Crippen molar-refractivity contribution in [1.29, 1.82) is 0 Å². The molecular formula is C17H20FNO2. The van der Waals surface area contributed by atoms with Crippen molar-refractivity contribution in [2.75, 3.05) is 7.11 Å². The van der Waals surface area contributed by atoms with Gasteiger partial charge in [0.1, 0.15) is 5.82 Å². The van der Waals surface area contributed by atoms with Crippen LogP contribution in [0.4, 0.5) is 4.39 Å². The van der Waals surface area contributed by atoms with E-state index >= 15 is 0 Å². The summed E-state index contributed by atoms with van der Waals surface area (Å²) in [4.78, 5) is 0. The molecule has 0 spiro atoms. The number of ether oxygens (including phenoxy) is 1. The first-order chi connectivity index (χ1) is 10.0. The van der Waals surface area contributed by atoms with Crippen LogP contribution >= 0.6 is 0 Å². The lowest BCUT2D eigenvalue weighted by Crippen LogP contribution is -2.23. The van der Waals surface area contributed by atoms with Crippen LogP contribution in [0.1, 0.15) is 37.1 Å². The maximum atomic E-state index is 13.8. The van der Waals surface area contributed by atoms with Gasteiger partial charge in [0.25, 0.3) is 0 Å². The summed E-state index contributed by atoms with van der Waals surface area (Å²) in [5.74, 6) is 0.322. The van der Waals surface area contributed by atoms with Crippen molar-refractivity contribution in [3.63, 3.8) is 0 Å². The van der Waals surface area contributed by atoms with Crippen LogP contribution < -0.4 is 10.1 Å². The molecule has 3 nitrogen and oxygen atoms in total. The van der Waals surface area contributed by atoms with Crippen LogP contribution in [0.15, 0.2) is 42.5 Å². The highest BCUT2D eigenvalue weighted by atomic mass is 19.1. The Bertz CT molecular complexity index is 615. The first-order valence-electron chi connectivity index (χ1n) is 6.90. The van der Waals surface area contributed by atoms with Gasteiger partial charge in [-0.05, 0) is 37.6 Å². The Morgan fingerprint density at radius 1 is 1.10 bits per heavy atom. The van der Waals surface area contributed by atoms with Crippen LogP contribution in [-0.4, -0.2) is 12.2 Å². The van der Waals surface area contributed by atoms with Crippen molar-refractivity contribution < 1.29 is 14.2 Å². The molecule has 0 fully saturated rings. The Hall–Kier alpha value is -2.07. The highest BCUT2D eigenvalue weighted by molar-refractivity contribution is 5.42. The number of halogens is 1. The largest absolute Gasteiger partial charge is 0.504 e. The number of benzene rings is 2. The van der Waals surface area contributed by atoms with E-state index in [0.717, 1.165) is 5.56 Å². The molecule has 21 heavy (non-hydrogen) atoms. The summed E-state index contributed by atoms with van der Waals surface area (Å²) >= 11 is 0. The molecule has 0 saturated carbocycles. The van der Waals surface area contributed by atoms with Crippen molar-refractivity contribution in [3.8, 4) is 11.5 Å². The first-order valence-corrected chi connectivity index (χ1v) is 6.90. The SMILES string of the molecule is COc1cc(C(C)NC(C)c2ccccc2F)ccc1O. The van der Waals surface area contributed by atoms with Crippen LogP contribution in [0, 0.1) is 5.82 Å². The lowest BCUT2D eigenvalue weighted by molar-refractivity contribution is 0.371. The predicted molar refractivity (Wildman–Crippen MR) is 81.0 cm³/mol. The van der Waals surface area contributed by atoms with Gasteiger partial charge >= 0.3 is 0 Å². The molecule has 4 heteroatoms. The number of hydrogen-bond donors (Lipinski definition) is 2. The van der Waals surface area contributed by atoms with E-state index in [1.165, 1.54) is 13.2 Å². The normalized spacial score (nSPS) is 13.7. The van der Waals surface area contributed by atoms with Gasteiger partial charge in [-0.25, -0.2) is 4.39 Å². The Kier molecular flexibility index (Phi) is 4.81. The van der Waals surface area contributed by atoms with Gasteiger partial charge in [0, 0.05) is 17.6 Å². The predicted octanol–water partition coefficient (Wildman–Crippen LogP) is 3.95. The van der Waals surface area contributed by atoms with Crippen LogP contribution in [0.25, 0.3) is 0 Å². The molecule has 0 aliphatic heterocycles. The van der Waals surface area contributed by atoms with E-state index in [1.54, 1.807) is 24.3 Å². The molecule has 2 rings (SSSR count). The molecule has 0 radical (unpaired) electrons. The zero-order valence-corrected chi connectivity index (χ0v) is 12.4. The third kappa shape index (κ3) is 3.52. The maximum absolute atomic E-state index is 13.8. The van der Waals surface area contributed by atoms with E-state index in [9.17, 15) is 9.50 Å². The molecular weight excluding hydrogens is 269 g/mol. The summed E-state index contributed by atoms with van der Waals surface area (Å²) in [5, 5.41) is 13.0. The summed E-state index contributed by atoms with van der Waals surface area (Å²) in [7, 11) is 1.51. The fraction of sp³-hybridized carbons (Fsp3) is 0.294. The fourth-order valence-corrected chi connectivity index (χ4v) is 2.35. The molecule has 2 aromatic carbocycles. The molecule has 2 atom stereocenters. The zero-order chi connectivity index (χ0) is 15.4. The monoisotopic (exact) mass is 289 g/mol. The summed E-state index contributed by atoms with van der Waals surface area (Å²) in [6.45, 7) is 3.91.